The van der Waals surface area contributed by atoms with Crippen LogP contribution in [0.25, 0.3) is 0 Å². The molecule has 28 heavy (non-hydrogen) atoms. The molecule has 11 heteroatoms. The molecule has 0 fully saturated rings. The van der Waals surface area contributed by atoms with E-state index in [4.69, 9.17) is 15.9 Å². The fourth-order valence-corrected chi connectivity index (χ4v) is 2.78. The molecule has 1 aromatic carbocycles. The molecule has 1 unspecified atom stereocenters. The zero-order valence-corrected chi connectivity index (χ0v) is 17.4. The molecule has 0 spiro atoms. The van der Waals surface area contributed by atoms with Crippen molar-refractivity contribution in [2.45, 2.75) is 31.5 Å². The van der Waals surface area contributed by atoms with Gasteiger partial charge in [-0.2, -0.15) is 12.6 Å². The topological polar surface area (TPSA) is 150 Å². The summed E-state index contributed by atoms with van der Waals surface area (Å²) in [4.78, 5) is 47.7. The monoisotopic (exact) mass is 475 g/mol. The molecule has 0 aliphatic heterocycles. The summed E-state index contributed by atoms with van der Waals surface area (Å²) in [5, 5.41) is 20.3. The number of amides is 2. The van der Waals surface area contributed by atoms with Crippen molar-refractivity contribution in [2.24, 2.45) is 5.73 Å². The Balaban J connectivity index is 2.79. The first kappa shape index (κ1) is 23.9. The molecule has 9 nitrogen and oxygen atoms in total. The van der Waals surface area contributed by atoms with Crippen LogP contribution in [0.4, 0.5) is 0 Å². The number of nitrogens with one attached hydrogen (secondary N) is 1. The van der Waals surface area contributed by atoms with Crippen LogP contribution in [0.3, 0.4) is 0 Å². The van der Waals surface area contributed by atoms with Gasteiger partial charge in [0.2, 0.25) is 11.8 Å². The van der Waals surface area contributed by atoms with Gasteiger partial charge in [0.1, 0.15) is 18.6 Å². The number of benzene rings is 1. The van der Waals surface area contributed by atoms with Crippen LogP contribution < -0.4 is 11.1 Å². The van der Waals surface area contributed by atoms with E-state index >= 15 is 0 Å². The average Bonchev–Trinajstić information content (AvgIpc) is 2.64. The van der Waals surface area contributed by atoms with Gasteiger partial charge in [0.05, 0.1) is 0 Å². The van der Waals surface area contributed by atoms with Crippen molar-refractivity contribution in [1.29, 1.82) is 0 Å². The Labute approximate surface area is 175 Å². The second kappa shape index (κ2) is 11.7. The van der Waals surface area contributed by atoms with E-state index in [0.29, 0.717) is 0 Å². The van der Waals surface area contributed by atoms with Crippen LogP contribution in [0.1, 0.15) is 18.4 Å². The lowest BCUT2D eigenvalue weighted by Gasteiger charge is -2.26. The van der Waals surface area contributed by atoms with Crippen molar-refractivity contribution in [2.75, 3.05) is 12.3 Å². The first-order valence-corrected chi connectivity index (χ1v) is 9.70. The normalized spacial score (nSPS) is 12.7. The minimum Gasteiger partial charge on any atom is -0.480 e. The number of nitrogens with zero attached hydrogens (tertiary/aromatic N) is 1. The number of halogens is 1. The van der Waals surface area contributed by atoms with Gasteiger partial charge in [0.15, 0.2) is 0 Å². The van der Waals surface area contributed by atoms with Crippen molar-refractivity contribution in [1.82, 2.24) is 10.2 Å². The maximum atomic E-state index is 12.7. The molecule has 0 saturated heterocycles. The van der Waals surface area contributed by atoms with Crippen LogP contribution in [0.2, 0.25) is 0 Å². The highest BCUT2D eigenvalue weighted by Gasteiger charge is 2.27. The third-order valence-electron chi connectivity index (χ3n) is 3.74. The van der Waals surface area contributed by atoms with E-state index in [1.165, 1.54) is 0 Å². The SMILES string of the molecule is NC(CCC(=O)N[C@H](CS)C(=O)N(CC(=O)O)Cc1ccc(Br)cc1)C(=O)O. The van der Waals surface area contributed by atoms with Gasteiger partial charge in [-0.05, 0) is 24.1 Å². The number of nitrogens with two attached hydrogens (primary N) is 1. The minimum absolute atomic E-state index is 0.0441. The van der Waals surface area contributed by atoms with Gasteiger partial charge in [-0.3, -0.25) is 19.2 Å². The molecule has 5 N–H and O–H groups in total. The third kappa shape index (κ3) is 8.28. The van der Waals surface area contributed by atoms with Gasteiger partial charge in [-0.15, -0.1) is 0 Å². The van der Waals surface area contributed by atoms with Crippen LogP contribution in [0, 0.1) is 0 Å². The van der Waals surface area contributed by atoms with Crippen LogP contribution >= 0.6 is 28.6 Å². The van der Waals surface area contributed by atoms with E-state index in [9.17, 15) is 19.2 Å². The molecule has 1 aromatic rings. The number of aliphatic carboxylic acids is 2. The van der Waals surface area contributed by atoms with E-state index < -0.39 is 42.4 Å². The van der Waals surface area contributed by atoms with Gasteiger partial charge in [0, 0.05) is 23.2 Å². The molecule has 2 amide bonds. The Kier molecular flexibility index (Phi) is 9.97. The molecule has 1 rings (SSSR count). The fraction of sp³-hybridized carbons (Fsp3) is 0.412. The molecule has 0 aliphatic carbocycles. The number of carbonyl (C=O) groups excluding carboxylic acids is 2. The van der Waals surface area contributed by atoms with Crippen LogP contribution in [-0.4, -0.2) is 63.2 Å². The summed E-state index contributed by atoms with van der Waals surface area (Å²) in [5.41, 5.74) is 6.07. The number of thiol groups is 1. The third-order valence-corrected chi connectivity index (χ3v) is 4.63. The number of carboxylic acids is 2. The second-order valence-electron chi connectivity index (χ2n) is 6.00. The zero-order valence-electron chi connectivity index (χ0n) is 14.9. The molecular weight excluding hydrogens is 454 g/mol. The number of rotatable bonds is 11. The molecule has 0 saturated carbocycles. The molecule has 0 aliphatic rings. The van der Waals surface area contributed by atoms with Gasteiger partial charge in [-0.25, -0.2) is 0 Å². The van der Waals surface area contributed by atoms with E-state index in [2.05, 4.69) is 33.9 Å². The maximum Gasteiger partial charge on any atom is 0.323 e. The smallest absolute Gasteiger partial charge is 0.323 e. The van der Waals surface area contributed by atoms with E-state index in [1.54, 1.807) is 24.3 Å². The maximum absolute atomic E-state index is 12.7. The summed E-state index contributed by atoms with van der Waals surface area (Å²) >= 11 is 7.36. The Morgan fingerprint density at radius 2 is 1.79 bits per heavy atom. The number of carbonyl (C=O) groups is 4. The fourth-order valence-electron chi connectivity index (χ4n) is 2.27. The van der Waals surface area contributed by atoms with Crippen LogP contribution in [0.15, 0.2) is 28.7 Å². The summed E-state index contributed by atoms with van der Waals surface area (Å²) in [6.07, 6.45) is -0.275. The molecule has 0 heterocycles. The van der Waals surface area contributed by atoms with Crippen molar-refractivity contribution in [3.63, 3.8) is 0 Å². The summed E-state index contributed by atoms with van der Waals surface area (Å²) in [7, 11) is 0. The predicted molar refractivity (Wildman–Crippen MR) is 108 cm³/mol. The highest BCUT2D eigenvalue weighted by molar-refractivity contribution is 9.10. The lowest BCUT2D eigenvalue weighted by molar-refractivity contribution is -0.146. The van der Waals surface area contributed by atoms with Gasteiger partial charge < -0.3 is 26.2 Å². The van der Waals surface area contributed by atoms with E-state index in [0.717, 1.165) is 14.9 Å². The molecule has 2 atom stereocenters. The number of carboxylic acid groups (broad SMARTS) is 2. The highest BCUT2D eigenvalue weighted by Crippen LogP contribution is 2.13. The van der Waals surface area contributed by atoms with Crippen molar-refractivity contribution in [3.8, 4) is 0 Å². The highest BCUT2D eigenvalue weighted by atomic mass is 79.9. The Bertz CT molecular complexity index is 715. The minimum atomic E-state index is -1.23. The lowest BCUT2D eigenvalue weighted by Crippen LogP contribution is -2.50. The molecule has 154 valence electrons. The standard InChI is InChI=1S/C17H22BrN3O6S/c18-11-3-1-10(2-4-11)7-21(8-15(23)24)16(25)13(9-28)20-14(22)6-5-12(19)17(26)27/h1-4,12-13,28H,5-9,19H2,(H,20,22)(H,23,24)(H,26,27)/t12?,13-/m1/s1. The van der Waals surface area contributed by atoms with E-state index in [-0.39, 0.29) is 25.1 Å². The Morgan fingerprint density at radius 1 is 1.18 bits per heavy atom. The number of hydrogen-bond acceptors (Lipinski definition) is 6. The Morgan fingerprint density at radius 3 is 2.29 bits per heavy atom. The van der Waals surface area contributed by atoms with Gasteiger partial charge in [0.25, 0.3) is 0 Å². The van der Waals surface area contributed by atoms with E-state index in [1.807, 2.05) is 0 Å². The summed E-state index contributed by atoms with van der Waals surface area (Å²) in [6.45, 7) is -0.499. The van der Waals surface area contributed by atoms with Crippen molar-refractivity contribution in [3.05, 3.63) is 34.3 Å². The largest absolute Gasteiger partial charge is 0.480 e. The summed E-state index contributed by atoms with van der Waals surface area (Å²) in [5.74, 6) is -3.63. The summed E-state index contributed by atoms with van der Waals surface area (Å²) in [6, 6.07) is 4.79. The second-order valence-corrected chi connectivity index (χ2v) is 7.28. The molecule has 0 bridgehead atoms. The van der Waals surface area contributed by atoms with Gasteiger partial charge >= 0.3 is 11.9 Å². The number of hydrogen-bond donors (Lipinski definition) is 5. The van der Waals surface area contributed by atoms with Crippen LogP contribution in [0.5, 0.6) is 0 Å². The summed E-state index contributed by atoms with van der Waals surface area (Å²) < 4.78 is 0.840. The first-order valence-electron chi connectivity index (χ1n) is 8.27. The quantitative estimate of drug-likeness (QED) is 0.292. The average molecular weight is 476 g/mol. The molecule has 0 radical (unpaired) electrons. The zero-order chi connectivity index (χ0) is 21.3. The first-order chi connectivity index (χ1) is 13.1. The van der Waals surface area contributed by atoms with Crippen LogP contribution in [-0.2, 0) is 25.7 Å². The lowest BCUT2D eigenvalue weighted by atomic mass is 10.1. The molecular formula is C17H22BrN3O6S. The van der Waals surface area contributed by atoms with Crippen molar-refractivity contribution >= 4 is 52.3 Å². The Hall–Kier alpha value is -2.11. The predicted octanol–water partition coefficient (Wildman–Crippen LogP) is 0.469. The van der Waals surface area contributed by atoms with Gasteiger partial charge in [-0.1, -0.05) is 28.1 Å². The molecule has 0 aromatic heterocycles. The van der Waals surface area contributed by atoms with Crippen molar-refractivity contribution < 1.29 is 29.4 Å².